The number of hydrogen-bond acceptors (Lipinski definition) is 2. The summed E-state index contributed by atoms with van der Waals surface area (Å²) in [7, 11) is 0. The molecule has 0 unspecified atom stereocenters. The Balaban J connectivity index is 1.57. The average Bonchev–Trinajstić information content (AvgIpc) is 2.67. The molecule has 1 aliphatic rings. The second kappa shape index (κ2) is 7.92. The number of rotatable bonds is 4. The van der Waals surface area contributed by atoms with Gasteiger partial charge in [-0.25, -0.2) is 4.39 Å². The molecule has 1 heterocycles. The highest BCUT2D eigenvalue weighted by atomic mass is 19.1. The Labute approximate surface area is 146 Å². The molecule has 1 saturated heterocycles. The lowest BCUT2D eigenvalue weighted by atomic mass is 9.96. The summed E-state index contributed by atoms with van der Waals surface area (Å²) in [5.74, 6) is -0.753. The van der Waals surface area contributed by atoms with Crippen molar-refractivity contribution in [1.29, 1.82) is 0 Å². The standard InChI is InChI=1S/C20H21FN2O2/c21-18-10-8-16(9-11-18)20(25)23-12-4-7-17(14-23)19(24)22-13-15-5-2-1-3-6-15/h1-3,5-6,8-11,17H,4,7,12-14H2,(H,22,24)/t17-/m0/s1. The molecule has 0 radical (unpaired) electrons. The first-order chi connectivity index (χ1) is 12.1. The van der Waals surface area contributed by atoms with E-state index in [1.54, 1.807) is 4.90 Å². The Morgan fingerprint density at radius 1 is 1.08 bits per heavy atom. The fourth-order valence-corrected chi connectivity index (χ4v) is 3.08. The van der Waals surface area contributed by atoms with Gasteiger partial charge in [0.2, 0.25) is 5.91 Å². The summed E-state index contributed by atoms with van der Waals surface area (Å²) in [6.07, 6.45) is 1.56. The maximum atomic E-state index is 13.0. The van der Waals surface area contributed by atoms with Crippen LogP contribution in [0.15, 0.2) is 54.6 Å². The van der Waals surface area contributed by atoms with E-state index in [0.29, 0.717) is 25.2 Å². The van der Waals surface area contributed by atoms with Crippen LogP contribution < -0.4 is 5.32 Å². The summed E-state index contributed by atoms with van der Waals surface area (Å²) in [6.45, 7) is 1.51. The van der Waals surface area contributed by atoms with Gasteiger partial charge in [-0.3, -0.25) is 9.59 Å². The summed E-state index contributed by atoms with van der Waals surface area (Å²) >= 11 is 0. The van der Waals surface area contributed by atoms with Crippen LogP contribution in [-0.4, -0.2) is 29.8 Å². The molecule has 1 aliphatic heterocycles. The highest BCUT2D eigenvalue weighted by molar-refractivity contribution is 5.94. The Morgan fingerprint density at radius 3 is 2.52 bits per heavy atom. The number of halogens is 1. The zero-order valence-corrected chi connectivity index (χ0v) is 14.0. The fourth-order valence-electron chi connectivity index (χ4n) is 3.08. The van der Waals surface area contributed by atoms with E-state index in [-0.39, 0.29) is 23.5 Å². The normalized spacial score (nSPS) is 17.2. The van der Waals surface area contributed by atoms with E-state index >= 15 is 0 Å². The molecule has 4 nitrogen and oxygen atoms in total. The molecule has 0 aromatic heterocycles. The Bertz CT molecular complexity index is 731. The number of piperidine rings is 1. The molecule has 2 amide bonds. The van der Waals surface area contributed by atoms with Crippen LogP contribution in [0.4, 0.5) is 4.39 Å². The van der Waals surface area contributed by atoms with Crippen molar-refractivity contribution in [2.45, 2.75) is 19.4 Å². The fraction of sp³-hybridized carbons (Fsp3) is 0.300. The van der Waals surface area contributed by atoms with Crippen molar-refractivity contribution in [2.24, 2.45) is 5.92 Å². The van der Waals surface area contributed by atoms with Gasteiger partial charge in [0.05, 0.1) is 5.92 Å². The van der Waals surface area contributed by atoms with E-state index in [2.05, 4.69) is 5.32 Å². The number of likely N-dealkylation sites (tertiary alicyclic amines) is 1. The van der Waals surface area contributed by atoms with Gasteiger partial charge in [-0.2, -0.15) is 0 Å². The van der Waals surface area contributed by atoms with E-state index < -0.39 is 0 Å². The van der Waals surface area contributed by atoms with Crippen LogP contribution in [0, 0.1) is 11.7 Å². The van der Waals surface area contributed by atoms with Gasteiger partial charge in [-0.1, -0.05) is 30.3 Å². The summed E-state index contributed by atoms with van der Waals surface area (Å²) < 4.78 is 13.0. The van der Waals surface area contributed by atoms with Crippen LogP contribution >= 0.6 is 0 Å². The van der Waals surface area contributed by atoms with E-state index in [1.807, 2.05) is 30.3 Å². The minimum atomic E-state index is -0.367. The van der Waals surface area contributed by atoms with Crippen LogP contribution in [0.1, 0.15) is 28.8 Å². The smallest absolute Gasteiger partial charge is 0.253 e. The zero-order valence-electron chi connectivity index (χ0n) is 14.0. The van der Waals surface area contributed by atoms with E-state index in [1.165, 1.54) is 24.3 Å². The molecule has 2 aromatic carbocycles. The first-order valence-corrected chi connectivity index (χ1v) is 8.50. The lowest BCUT2D eigenvalue weighted by Gasteiger charge is -2.32. The monoisotopic (exact) mass is 340 g/mol. The molecular formula is C20H21FN2O2. The van der Waals surface area contributed by atoms with Gasteiger partial charge in [0, 0.05) is 25.2 Å². The van der Waals surface area contributed by atoms with Gasteiger partial charge >= 0.3 is 0 Å². The molecule has 25 heavy (non-hydrogen) atoms. The topological polar surface area (TPSA) is 49.4 Å². The first kappa shape index (κ1) is 17.1. The van der Waals surface area contributed by atoms with Crippen LogP contribution in [0.25, 0.3) is 0 Å². The zero-order chi connectivity index (χ0) is 17.6. The molecule has 1 fully saturated rings. The van der Waals surface area contributed by atoms with Crippen molar-refractivity contribution in [2.75, 3.05) is 13.1 Å². The molecule has 0 bridgehead atoms. The second-order valence-electron chi connectivity index (χ2n) is 6.30. The van der Waals surface area contributed by atoms with E-state index in [4.69, 9.17) is 0 Å². The van der Waals surface area contributed by atoms with Crippen LogP contribution in [-0.2, 0) is 11.3 Å². The molecule has 1 N–H and O–H groups in total. The Hall–Kier alpha value is -2.69. The molecule has 0 saturated carbocycles. The maximum absolute atomic E-state index is 13.0. The Kier molecular flexibility index (Phi) is 5.43. The number of amides is 2. The molecular weight excluding hydrogens is 319 g/mol. The van der Waals surface area contributed by atoms with Crippen LogP contribution in [0.2, 0.25) is 0 Å². The number of hydrogen-bond donors (Lipinski definition) is 1. The van der Waals surface area contributed by atoms with Crippen molar-refractivity contribution < 1.29 is 14.0 Å². The third kappa shape index (κ3) is 4.44. The number of nitrogens with one attached hydrogen (secondary N) is 1. The molecule has 1 atom stereocenters. The molecule has 2 aromatic rings. The van der Waals surface area contributed by atoms with Crippen molar-refractivity contribution in [1.82, 2.24) is 10.2 Å². The average molecular weight is 340 g/mol. The lowest BCUT2D eigenvalue weighted by Crippen LogP contribution is -2.45. The van der Waals surface area contributed by atoms with E-state index in [0.717, 1.165) is 18.4 Å². The van der Waals surface area contributed by atoms with Gasteiger partial charge in [0.15, 0.2) is 0 Å². The van der Waals surface area contributed by atoms with Gasteiger partial charge in [-0.15, -0.1) is 0 Å². The van der Waals surface area contributed by atoms with E-state index in [9.17, 15) is 14.0 Å². The van der Waals surface area contributed by atoms with Gasteiger partial charge in [0.1, 0.15) is 5.82 Å². The lowest BCUT2D eigenvalue weighted by molar-refractivity contribution is -0.126. The third-order valence-electron chi connectivity index (χ3n) is 4.48. The van der Waals surface area contributed by atoms with Crippen molar-refractivity contribution in [3.05, 3.63) is 71.5 Å². The molecule has 130 valence electrons. The molecule has 0 spiro atoms. The number of nitrogens with zero attached hydrogens (tertiary/aromatic N) is 1. The first-order valence-electron chi connectivity index (χ1n) is 8.50. The number of benzene rings is 2. The largest absolute Gasteiger partial charge is 0.352 e. The van der Waals surface area contributed by atoms with Gasteiger partial charge in [-0.05, 0) is 42.7 Å². The van der Waals surface area contributed by atoms with Crippen molar-refractivity contribution in [3.8, 4) is 0 Å². The minimum absolute atomic E-state index is 0.0274. The highest BCUT2D eigenvalue weighted by Gasteiger charge is 2.28. The van der Waals surface area contributed by atoms with Crippen LogP contribution in [0.5, 0.6) is 0 Å². The summed E-state index contributed by atoms with van der Waals surface area (Å²) in [5, 5.41) is 2.95. The van der Waals surface area contributed by atoms with Gasteiger partial charge < -0.3 is 10.2 Å². The summed E-state index contributed by atoms with van der Waals surface area (Å²) in [4.78, 5) is 26.6. The summed E-state index contributed by atoms with van der Waals surface area (Å²) in [6, 6.07) is 15.3. The number of carbonyl (C=O) groups excluding carboxylic acids is 2. The highest BCUT2D eigenvalue weighted by Crippen LogP contribution is 2.19. The predicted molar refractivity (Wildman–Crippen MR) is 93.3 cm³/mol. The van der Waals surface area contributed by atoms with Crippen molar-refractivity contribution >= 4 is 11.8 Å². The Morgan fingerprint density at radius 2 is 1.80 bits per heavy atom. The molecule has 3 rings (SSSR count). The predicted octanol–water partition coefficient (Wildman–Crippen LogP) is 2.99. The molecule has 5 heteroatoms. The SMILES string of the molecule is O=C(NCc1ccccc1)[C@H]1CCCN(C(=O)c2ccc(F)cc2)C1. The molecule has 0 aliphatic carbocycles. The maximum Gasteiger partial charge on any atom is 0.253 e. The number of carbonyl (C=O) groups is 2. The third-order valence-corrected chi connectivity index (χ3v) is 4.48. The quantitative estimate of drug-likeness (QED) is 0.930. The second-order valence-corrected chi connectivity index (χ2v) is 6.30. The summed E-state index contributed by atoms with van der Waals surface area (Å²) in [5.41, 5.74) is 1.50. The minimum Gasteiger partial charge on any atom is -0.352 e. The van der Waals surface area contributed by atoms with Crippen LogP contribution in [0.3, 0.4) is 0 Å². The van der Waals surface area contributed by atoms with Gasteiger partial charge in [0.25, 0.3) is 5.91 Å². The van der Waals surface area contributed by atoms with Crippen molar-refractivity contribution in [3.63, 3.8) is 0 Å².